The van der Waals surface area contributed by atoms with Crippen molar-refractivity contribution in [2.24, 2.45) is 0 Å². The molecule has 140 valence electrons. The van der Waals surface area contributed by atoms with Gasteiger partial charge in [0.2, 0.25) is 5.91 Å². The standard InChI is InChI=1S/C19H17F2N3O3/c1-11-3-5-12(6-4-11)19(2)17(26)24(18(27)23-19)10-16(25)22-13-7-8-14(20)15(21)9-13/h3-9H,10H2,1-2H3,(H,22,25)(H,23,27)/t19-/m0/s1. The molecule has 0 bridgehead atoms. The molecule has 0 radical (unpaired) electrons. The number of nitrogens with zero attached hydrogens (tertiary/aromatic N) is 1. The van der Waals surface area contributed by atoms with Crippen LogP contribution < -0.4 is 10.6 Å². The molecular formula is C19H17F2N3O3. The minimum atomic E-state index is -1.28. The summed E-state index contributed by atoms with van der Waals surface area (Å²) in [6.07, 6.45) is 0. The number of halogens is 2. The van der Waals surface area contributed by atoms with Crippen LogP contribution in [0.2, 0.25) is 0 Å². The minimum Gasteiger partial charge on any atom is -0.324 e. The van der Waals surface area contributed by atoms with E-state index in [1.54, 1.807) is 19.1 Å². The first kappa shape index (κ1) is 18.5. The van der Waals surface area contributed by atoms with Crippen molar-refractivity contribution < 1.29 is 23.2 Å². The molecule has 27 heavy (non-hydrogen) atoms. The molecule has 0 aromatic heterocycles. The van der Waals surface area contributed by atoms with Gasteiger partial charge in [-0.1, -0.05) is 29.8 Å². The molecule has 1 aliphatic rings. The molecular weight excluding hydrogens is 356 g/mol. The van der Waals surface area contributed by atoms with E-state index in [9.17, 15) is 23.2 Å². The number of anilines is 1. The number of carbonyl (C=O) groups is 3. The van der Waals surface area contributed by atoms with Gasteiger partial charge in [-0.3, -0.25) is 14.5 Å². The Morgan fingerprint density at radius 1 is 1.11 bits per heavy atom. The molecule has 1 aliphatic heterocycles. The molecule has 3 rings (SSSR count). The summed E-state index contributed by atoms with van der Waals surface area (Å²) in [5.74, 6) is -3.44. The summed E-state index contributed by atoms with van der Waals surface area (Å²) >= 11 is 0. The Bertz CT molecular complexity index is 930. The number of rotatable bonds is 4. The van der Waals surface area contributed by atoms with Gasteiger partial charge in [0.15, 0.2) is 11.6 Å². The van der Waals surface area contributed by atoms with E-state index in [0.717, 1.165) is 22.6 Å². The van der Waals surface area contributed by atoms with Crippen LogP contribution in [-0.2, 0) is 15.1 Å². The number of amides is 4. The Morgan fingerprint density at radius 2 is 1.78 bits per heavy atom. The highest BCUT2D eigenvalue weighted by molar-refractivity contribution is 6.10. The van der Waals surface area contributed by atoms with Crippen molar-refractivity contribution in [3.05, 3.63) is 65.2 Å². The van der Waals surface area contributed by atoms with Crippen molar-refractivity contribution in [3.8, 4) is 0 Å². The highest BCUT2D eigenvalue weighted by Crippen LogP contribution is 2.29. The second kappa shape index (κ2) is 6.79. The zero-order valence-electron chi connectivity index (χ0n) is 14.7. The maximum Gasteiger partial charge on any atom is 0.325 e. The fourth-order valence-electron chi connectivity index (χ4n) is 2.84. The topological polar surface area (TPSA) is 78.5 Å². The van der Waals surface area contributed by atoms with Crippen LogP contribution >= 0.6 is 0 Å². The predicted molar refractivity (Wildman–Crippen MR) is 93.8 cm³/mol. The molecule has 6 nitrogen and oxygen atoms in total. The maximum absolute atomic E-state index is 13.2. The smallest absolute Gasteiger partial charge is 0.324 e. The molecule has 0 spiro atoms. The molecule has 1 fully saturated rings. The van der Waals surface area contributed by atoms with Crippen LogP contribution in [-0.4, -0.2) is 29.3 Å². The number of aryl methyl sites for hydroxylation is 1. The van der Waals surface area contributed by atoms with Crippen molar-refractivity contribution in [1.29, 1.82) is 0 Å². The van der Waals surface area contributed by atoms with Gasteiger partial charge < -0.3 is 10.6 Å². The average Bonchev–Trinajstić information content (AvgIpc) is 2.83. The SMILES string of the molecule is Cc1ccc([C@]2(C)NC(=O)N(CC(=O)Nc3ccc(F)c(F)c3)C2=O)cc1. The predicted octanol–water partition coefficient (Wildman–Crippen LogP) is 2.68. The first-order chi connectivity index (χ1) is 12.7. The summed E-state index contributed by atoms with van der Waals surface area (Å²) < 4.78 is 26.2. The summed E-state index contributed by atoms with van der Waals surface area (Å²) in [6.45, 7) is 2.91. The van der Waals surface area contributed by atoms with Crippen LogP contribution in [0.4, 0.5) is 19.3 Å². The molecule has 1 atom stereocenters. The van der Waals surface area contributed by atoms with Crippen molar-refractivity contribution in [2.75, 3.05) is 11.9 Å². The summed E-state index contributed by atoms with van der Waals surface area (Å²) in [4.78, 5) is 37.9. The van der Waals surface area contributed by atoms with Crippen LogP contribution in [0.5, 0.6) is 0 Å². The lowest BCUT2D eigenvalue weighted by molar-refractivity contribution is -0.133. The van der Waals surface area contributed by atoms with E-state index in [1.165, 1.54) is 6.07 Å². The third kappa shape index (κ3) is 3.51. The summed E-state index contributed by atoms with van der Waals surface area (Å²) in [5, 5.41) is 4.93. The molecule has 0 unspecified atom stereocenters. The molecule has 8 heteroatoms. The second-order valence-corrected chi connectivity index (χ2v) is 6.49. The Labute approximate surface area is 154 Å². The first-order valence-corrected chi connectivity index (χ1v) is 8.17. The zero-order valence-corrected chi connectivity index (χ0v) is 14.7. The van der Waals surface area contributed by atoms with Crippen LogP contribution in [0.3, 0.4) is 0 Å². The number of hydrogen-bond donors (Lipinski definition) is 2. The number of hydrogen-bond acceptors (Lipinski definition) is 3. The number of urea groups is 1. The fraction of sp³-hybridized carbons (Fsp3) is 0.211. The number of imide groups is 1. The summed E-state index contributed by atoms with van der Waals surface area (Å²) in [5.41, 5.74) is 0.330. The Hall–Kier alpha value is -3.29. The first-order valence-electron chi connectivity index (χ1n) is 8.17. The molecule has 2 aromatic rings. The van der Waals surface area contributed by atoms with Gasteiger partial charge in [-0.2, -0.15) is 0 Å². The lowest BCUT2D eigenvalue weighted by Crippen LogP contribution is -2.42. The summed E-state index contributed by atoms with van der Waals surface area (Å²) in [7, 11) is 0. The van der Waals surface area contributed by atoms with E-state index in [4.69, 9.17) is 0 Å². The van der Waals surface area contributed by atoms with Gasteiger partial charge in [-0.05, 0) is 31.5 Å². The van der Waals surface area contributed by atoms with E-state index < -0.39 is 41.6 Å². The van der Waals surface area contributed by atoms with Crippen molar-refractivity contribution in [3.63, 3.8) is 0 Å². The molecule has 0 saturated carbocycles. The van der Waals surface area contributed by atoms with Gasteiger partial charge in [0, 0.05) is 11.8 Å². The van der Waals surface area contributed by atoms with Crippen molar-refractivity contribution in [1.82, 2.24) is 10.2 Å². The van der Waals surface area contributed by atoms with Crippen LogP contribution in [0.15, 0.2) is 42.5 Å². The van der Waals surface area contributed by atoms with Gasteiger partial charge in [0.1, 0.15) is 12.1 Å². The van der Waals surface area contributed by atoms with Gasteiger partial charge in [0.05, 0.1) is 0 Å². The van der Waals surface area contributed by atoms with Crippen LogP contribution in [0, 0.1) is 18.6 Å². The number of nitrogens with one attached hydrogen (secondary N) is 2. The van der Waals surface area contributed by atoms with E-state index in [2.05, 4.69) is 10.6 Å². The fourth-order valence-corrected chi connectivity index (χ4v) is 2.84. The molecule has 4 amide bonds. The van der Waals surface area contributed by atoms with Gasteiger partial charge in [0.25, 0.3) is 5.91 Å². The van der Waals surface area contributed by atoms with Crippen LogP contribution in [0.1, 0.15) is 18.1 Å². The molecule has 0 aliphatic carbocycles. The number of benzene rings is 2. The third-order valence-corrected chi connectivity index (χ3v) is 4.41. The quantitative estimate of drug-likeness (QED) is 0.809. The summed E-state index contributed by atoms with van der Waals surface area (Å²) in [6, 6.07) is 9.26. The van der Waals surface area contributed by atoms with E-state index in [1.807, 2.05) is 19.1 Å². The van der Waals surface area contributed by atoms with Gasteiger partial charge in [-0.25, -0.2) is 13.6 Å². The van der Waals surface area contributed by atoms with Gasteiger partial charge >= 0.3 is 6.03 Å². The highest BCUT2D eigenvalue weighted by Gasteiger charge is 2.49. The van der Waals surface area contributed by atoms with Crippen molar-refractivity contribution in [2.45, 2.75) is 19.4 Å². The minimum absolute atomic E-state index is 0.0206. The third-order valence-electron chi connectivity index (χ3n) is 4.41. The largest absolute Gasteiger partial charge is 0.325 e. The lowest BCUT2D eigenvalue weighted by Gasteiger charge is -2.22. The number of carbonyl (C=O) groups excluding carboxylic acids is 3. The molecule has 1 heterocycles. The van der Waals surface area contributed by atoms with Crippen LogP contribution in [0.25, 0.3) is 0 Å². The lowest BCUT2D eigenvalue weighted by atomic mass is 9.91. The normalized spacial score (nSPS) is 19.2. The van der Waals surface area contributed by atoms with E-state index in [0.29, 0.717) is 5.56 Å². The molecule has 2 N–H and O–H groups in total. The monoisotopic (exact) mass is 373 g/mol. The Balaban J connectivity index is 1.74. The van der Waals surface area contributed by atoms with E-state index >= 15 is 0 Å². The second-order valence-electron chi connectivity index (χ2n) is 6.49. The van der Waals surface area contributed by atoms with Gasteiger partial charge in [-0.15, -0.1) is 0 Å². The van der Waals surface area contributed by atoms with E-state index in [-0.39, 0.29) is 5.69 Å². The Kier molecular flexibility index (Phi) is 4.65. The maximum atomic E-state index is 13.2. The van der Waals surface area contributed by atoms with Crippen molar-refractivity contribution >= 4 is 23.5 Å². The average molecular weight is 373 g/mol. The highest BCUT2D eigenvalue weighted by atomic mass is 19.2. The zero-order chi connectivity index (χ0) is 19.8. The molecule has 2 aromatic carbocycles. The Morgan fingerprint density at radius 3 is 2.41 bits per heavy atom. The molecule has 1 saturated heterocycles.